The van der Waals surface area contributed by atoms with Crippen LogP contribution in [0.1, 0.15) is 25.7 Å². The molecule has 0 spiro atoms. The van der Waals surface area contributed by atoms with Crippen molar-refractivity contribution in [3.8, 4) is 0 Å². The first-order chi connectivity index (χ1) is 6.54. The standard InChI is InChI=1S/C4H8.2C2H3.4O.2Ti/c1-2-4-3-1;2*1-2;;;;;;/h1-4H2;2*1H,2H2;;;;;;. The number of hydrogen-bond donors (Lipinski definition) is 0. The van der Waals surface area contributed by atoms with Crippen LogP contribution in [0.5, 0.6) is 0 Å². The van der Waals surface area contributed by atoms with E-state index in [9.17, 15) is 13.3 Å². The van der Waals surface area contributed by atoms with Gasteiger partial charge in [-0.15, -0.1) is 0 Å². The fraction of sp³-hybridized carbons (Fsp3) is 0.500. The maximum absolute atomic E-state index is 9.39. The molecule has 0 atom stereocenters. The third-order valence-corrected chi connectivity index (χ3v) is 2.37. The van der Waals surface area contributed by atoms with Crippen LogP contribution in [0.25, 0.3) is 0 Å². The van der Waals surface area contributed by atoms with Crippen LogP contribution >= 0.6 is 0 Å². The molecule has 1 aliphatic carbocycles. The van der Waals surface area contributed by atoms with Crippen molar-refractivity contribution >= 4 is 0 Å². The van der Waals surface area contributed by atoms with Gasteiger partial charge in [0.15, 0.2) is 0 Å². The Morgan fingerprint density at radius 3 is 0.857 bits per heavy atom. The Balaban J connectivity index is 0. The second-order valence-electron chi connectivity index (χ2n) is 2.46. The minimum absolute atomic E-state index is 0.972. The monoisotopic (exact) mass is 270 g/mol. The molecular formula is C8H14O4Ti2. The van der Waals surface area contributed by atoms with Crippen molar-refractivity contribution in [1.82, 2.24) is 0 Å². The molecule has 0 aromatic rings. The Labute approximate surface area is 96.0 Å². The van der Waals surface area contributed by atoms with Crippen LogP contribution in [0.4, 0.5) is 0 Å². The van der Waals surface area contributed by atoms with Gasteiger partial charge in [0.1, 0.15) is 0 Å². The Kier molecular flexibility index (Phi) is 15.5. The summed E-state index contributed by atoms with van der Waals surface area (Å²) >= 11 is -6.19. The third kappa shape index (κ3) is 22.7. The molecule has 0 aromatic heterocycles. The molecule has 0 bridgehead atoms. The zero-order valence-corrected chi connectivity index (χ0v) is 11.2. The molecule has 78 valence electrons. The van der Waals surface area contributed by atoms with Crippen LogP contribution < -0.4 is 0 Å². The van der Waals surface area contributed by atoms with Crippen molar-refractivity contribution in [3.63, 3.8) is 0 Å². The predicted molar refractivity (Wildman–Crippen MR) is 41.6 cm³/mol. The van der Waals surface area contributed by atoms with Crippen LogP contribution in [0.3, 0.4) is 0 Å². The second-order valence-corrected chi connectivity index (χ2v) is 5.73. The fourth-order valence-electron chi connectivity index (χ4n) is 0.250. The first-order valence-electron chi connectivity index (χ1n) is 4.21. The quantitative estimate of drug-likeness (QED) is 0.722. The van der Waals surface area contributed by atoms with Crippen LogP contribution in [0, 0.1) is 0 Å². The number of hydrogen-bond acceptors (Lipinski definition) is 4. The van der Waals surface area contributed by atoms with Crippen molar-refractivity contribution in [2.75, 3.05) is 0 Å². The van der Waals surface area contributed by atoms with E-state index >= 15 is 0 Å². The van der Waals surface area contributed by atoms with Crippen molar-refractivity contribution in [2.24, 2.45) is 0 Å². The molecule has 0 saturated heterocycles. The van der Waals surface area contributed by atoms with E-state index < -0.39 is 35.6 Å². The maximum atomic E-state index is 9.39. The molecule has 0 radical (unpaired) electrons. The normalized spacial score (nSPS) is 11.4. The molecule has 14 heavy (non-hydrogen) atoms. The van der Waals surface area contributed by atoms with Gasteiger partial charge >= 0.3 is 70.8 Å². The van der Waals surface area contributed by atoms with E-state index in [0.29, 0.717) is 0 Å². The molecule has 1 aliphatic rings. The van der Waals surface area contributed by atoms with Gasteiger partial charge < -0.3 is 0 Å². The van der Waals surface area contributed by atoms with Crippen molar-refractivity contribution in [3.05, 3.63) is 21.9 Å². The van der Waals surface area contributed by atoms with E-state index in [1.54, 1.807) is 0 Å². The van der Waals surface area contributed by atoms with E-state index in [-0.39, 0.29) is 0 Å². The van der Waals surface area contributed by atoms with E-state index in [1.807, 2.05) is 0 Å². The molecule has 0 amide bonds. The van der Waals surface area contributed by atoms with Gasteiger partial charge in [-0.05, 0) is 0 Å². The van der Waals surface area contributed by atoms with E-state index in [1.165, 1.54) is 25.7 Å². The molecule has 4 nitrogen and oxygen atoms in total. The zero-order chi connectivity index (χ0) is 11.4. The molecule has 1 fully saturated rings. The molecule has 6 heteroatoms. The Hall–Kier alpha value is 0.109. The molecule has 0 heterocycles. The van der Waals surface area contributed by atoms with Crippen LogP contribution in [-0.2, 0) is 48.9 Å². The summed E-state index contributed by atoms with van der Waals surface area (Å²) in [4.78, 5) is 0. The first-order valence-corrected chi connectivity index (χ1v) is 8.56. The van der Waals surface area contributed by atoms with Gasteiger partial charge in [-0.1, -0.05) is 25.7 Å². The van der Waals surface area contributed by atoms with Gasteiger partial charge in [0, 0.05) is 0 Å². The average Bonchev–Trinajstić information content (AvgIpc) is 2.02. The SMILES string of the molecule is C1CCC1.C=[CH][Ti](=[O])=[O].C=[CH][Ti](=[O])=[O]. The molecule has 0 aliphatic heterocycles. The van der Waals surface area contributed by atoms with Gasteiger partial charge in [-0.3, -0.25) is 0 Å². The van der Waals surface area contributed by atoms with Crippen molar-refractivity contribution in [2.45, 2.75) is 25.7 Å². The van der Waals surface area contributed by atoms with E-state index in [0.717, 1.165) is 8.76 Å². The molecule has 0 aromatic carbocycles. The Morgan fingerprint density at radius 2 is 0.857 bits per heavy atom. The van der Waals surface area contributed by atoms with E-state index in [4.69, 9.17) is 0 Å². The van der Waals surface area contributed by atoms with Gasteiger partial charge in [0.05, 0.1) is 0 Å². The first kappa shape index (κ1) is 16.5. The summed E-state index contributed by atoms with van der Waals surface area (Å²) in [5, 5.41) is 0. The summed E-state index contributed by atoms with van der Waals surface area (Å²) in [6.45, 7) is 6.02. The van der Waals surface area contributed by atoms with Gasteiger partial charge in [-0.2, -0.15) is 0 Å². The van der Waals surface area contributed by atoms with Crippen molar-refractivity contribution in [1.29, 1.82) is 0 Å². The minimum atomic E-state index is -3.09. The average molecular weight is 270 g/mol. The van der Waals surface area contributed by atoms with Gasteiger partial charge in [0.25, 0.3) is 0 Å². The Morgan fingerprint density at radius 1 is 0.714 bits per heavy atom. The van der Waals surface area contributed by atoms with Crippen LogP contribution in [0.15, 0.2) is 21.9 Å². The summed E-state index contributed by atoms with van der Waals surface area (Å²) in [6, 6.07) is 0. The van der Waals surface area contributed by atoms with Crippen LogP contribution in [-0.4, -0.2) is 0 Å². The van der Waals surface area contributed by atoms with Gasteiger partial charge in [0.2, 0.25) is 0 Å². The summed E-state index contributed by atoms with van der Waals surface area (Å²) in [5.41, 5.74) is 0. The Bertz CT molecular complexity index is 240. The van der Waals surface area contributed by atoms with Crippen molar-refractivity contribution < 1.29 is 48.9 Å². The molecule has 0 N–H and O–H groups in total. The summed E-state index contributed by atoms with van der Waals surface area (Å²) in [6.07, 6.45) is 6.00. The van der Waals surface area contributed by atoms with Gasteiger partial charge in [-0.25, -0.2) is 0 Å². The fourth-order valence-corrected chi connectivity index (χ4v) is 0.250. The number of rotatable bonds is 2. The second kappa shape index (κ2) is 13.1. The molecular weight excluding hydrogens is 256 g/mol. The molecule has 1 rings (SSSR count). The van der Waals surface area contributed by atoms with Crippen LogP contribution in [0.2, 0.25) is 0 Å². The summed E-state index contributed by atoms with van der Waals surface area (Å²) in [5.74, 6) is 0. The summed E-state index contributed by atoms with van der Waals surface area (Å²) in [7, 11) is 0. The molecule has 1 saturated carbocycles. The molecule has 0 unspecified atom stereocenters. The topological polar surface area (TPSA) is 68.3 Å². The summed E-state index contributed by atoms with van der Waals surface area (Å²) < 4.78 is 39.5. The van der Waals surface area contributed by atoms with E-state index in [2.05, 4.69) is 13.2 Å². The zero-order valence-electron chi connectivity index (χ0n) is 8.03. The predicted octanol–water partition coefficient (Wildman–Crippen LogP) is 2.44. The third-order valence-electron chi connectivity index (χ3n) is 1.33.